The third kappa shape index (κ3) is 5.21. The molecule has 3 rings (SSSR count). The summed E-state index contributed by atoms with van der Waals surface area (Å²) in [6.45, 7) is 8.55. The van der Waals surface area contributed by atoms with Gasteiger partial charge >= 0.3 is 0 Å². The van der Waals surface area contributed by atoms with E-state index in [1.807, 2.05) is 12.1 Å². The molecule has 0 bridgehead atoms. The SMILES string of the molecule is COc1ccc(Br)c(CN2CCc3cc(OC)c(OC)cc3C2C#C[Si](C)(C)C)c1. The number of hydrogen-bond donors (Lipinski definition) is 0. The number of benzene rings is 2. The highest BCUT2D eigenvalue weighted by Crippen LogP contribution is 2.39. The third-order valence-electron chi connectivity index (χ3n) is 5.18. The van der Waals surface area contributed by atoms with Crippen molar-refractivity contribution in [1.29, 1.82) is 0 Å². The smallest absolute Gasteiger partial charge is 0.161 e. The second-order valence-corrected chi connectivity index (χ2v) is 14.1. The van der Waals surface area contributed by atoms with Crippen LogP contribution in [0.2, 0.25) is 19.6 Å². The van der Waals surface area contributed by atoms with Crippen molar-refractivity contribution >= 4 is 24.0 Å². The first-order valence-corrected chi connectivity index (χ1v) is 14.4. The number of rotatable bonds is 5. The van der Waals surface area contributed by atoms with Crippen molar-refractivity contribution in [2.24, 2.45) is 0 Å². The molecule has 0 aromatic heterocycles. The fraction of sp³-hybridized carbons (Fsp3) is 0.417. The highest BCUT2D eigenvalue weighted by Gasteiger charge is 2.29. The van der Waals surface area contributed by atoms with Crippen LogP contribution in [0.3, 0.4) is 0 Å². The summed E-state index contributed by atoms with van der Waals surface area (Å²) >= 11 is 3.70. The number of nitrogens with zero attached hydrogens (tertiary/aromatic N) is 1. The average molecular weight is 488 g/mol. The Labute approximate surface area is 189 Å². The normalized spacial score (nSPS) is 16.3. The molecule has 1 heterocycles. The molecule has 0 fully saturated rings. The van der Waals surface area contributed by atoms with Gasteiger partial charge in [0.25, 0.3) is 0 Å². The van der Waals surface area contributed by atoms with Gasteiger partial charge in [-0.25, -0.2) is 0 Å². The molecule has 160 valence electrons. The van der Waals surface area contributed by atoms with Crippen LogP contribution < -0.4 is 14.2 Å². The maximum atomic E-state index is 5.59. The van der Waals surface area contributed by atoms with Crippen molar-refractivity contribution in [3.8, 4) is 28.7 Å². The minimum absolute atomic E-state index is 0.0124. The van der Waals surface area contributed by atoms with Gasteiger partial charge in [-0.15, -0.1) is 5.54 Å². The average Bonchev–Trinajstić information content (AvgIpc) is 2.72. The molecule has 0 aliphatic carbocycles. The van der Waals surface area contributed by atoms with Crippen molar-refractivity contribution in [2.45, 2.75) is 38.6 Å². The molecule has 1 atom stereocenters. The molecule has 0 spiro atoms. The summed E-state index contributed by atoms with van der Waals surface area (Å²) in [4.78, 5) is 2.45. The first-order chi connectivity index (χ1) is 14.3. The van der Waals surface area contributed by atoms with E-state index in [2.05, 4.69) is 70.1 Å². The molecule has 1 aliphatic rings. The molecule has 0 saturated carbocycles. The van der Waals surface area contributed by atoms with Gasteiger partial charge in [-0.1, -0.05) is 41.5 Å². The third-order valence-corrected chi connectivity index (χ3v) is 6.85. The fourth-order valence-corrected chi connectivity index (χ4v) is 4.58. The summed E-state index contributed by atoms with van der Waals surface area (Å²) in [6, 6.07) is 10.3. The summed E-state index contributed by atoms with van der Waals surface area (Å²) in [5.41, 5.74) is 7.28. The Morgan fingerprint density at radius 2 is 1.73 bits per heavy atom. The summed E-state index contributed by atoms with van der Waals surface area (Å²) < 4.78 is 17.6. The van der Waals surface area contributed by atoms with Gasteiger partial charge < -0.3 is 14.2 Å². The molecule has 2 aromatic rings. The topological polar surface area (TPSA) is 30.9 Å². The van der Waals surface area contributed by atoms with E-state index in [1.54, 1.807) is 21.3 Å². The van der Waals surface area contributed by atoms with Crippen molar-refractivity contribution in [3.63, 3.8) is 0 Å². The Hall–Kier alpha value is -1.94. The molecule has 4 nitrogen and oxygen atoms in total. The number of ether oxygens (including phenoxy) is 3. The Morgan fingerprint density at radius 1 is 1.03 bits per heavy atom. The molecular weight excluding hydrogens is 458 g/mol. The summed E-state index contributed by atoms with van der Waals surface area (Å²) in [5.74, 6) is 6.01. The molecule has 6 heteroatoms. The van der Waals surface area contributed by atoms with Gasteiger partial charge in [0.2, 0.25) is 0 Å². The van der Waals surface area contributed by atoms with Gasteiger partial charge in [0, 0.05) is 17.6 Å². The molecule has 30 heavy (non-hydrogen) atoms. The van der Waals surface area contributed by atoms with Crippen molar-refractivity contribution < 1.29 is 14.2 Å². The lowest BCUT2D eigenvalue weighted by Gasteiger charge is -2.35. The van der Waals surface area contributed by atoms with Crippen LogP contribution >= 0.6 is 15.9 Å². The number of halogens is 1. The van der Waals surface area contributed by atoms with Gasteiger partial charge in [0.05, 0.1) is 27.4 Å². The number of hydrogen-bond acceptors (Lipinski definition) is 4. The molecule has 1 aliphatic heterocycles. The Bertz CT molecular complexity index is 975. The number of methoxy groups -OCH3 is 3. The highest BCUT2D eigenvalue weighted by atomic mass is 79.9. The Kier molecular flexibility index (Phi) is 7.17. The standard InChI is InChI=1S/C24H30BrNO3Si/c1-27-19-7-8-21(25)18(13-19)16-26-11-9-17-14-23(28-2)24(29-3)15-20(17)22(26)10-12-30(4,5)6/h7-8,13-15,22H,9,11,16H2,1-6H3. The first-order valence-electron chi connectivity index (χ1n) is 10.1. The Balaban J connectivity index is 2.04. The van der Waals surface area contributed by atoms with Crippen LogP contribution in [0.15, 0.2) is 34.8 Å². The second kappa shape index (κ2) is 9.46. The van der Waals surface area contributed by atoms with Crippen LogP contribution in [-0.2, 0) is 13.0 Å². The van der Waals surface area contributed by atoms with Gasteiger partial charge in [0.1, 0.15) is 13.8 Å². The highest BCUT2D eigenvalue weighted by molar-refractivity contribution is 9.10. The predicted molar refractivity (Wildman–Crippen MR) is 128 cm³/mol. The maximum absolute atomic E-state index is 5.59. The lowest BCUT2D eigenvalue weighted by molar-refractivity contribution is 0.215. The van der Waals surface area contributed by atoms with Crippen molar-refractivity contribution in [3.05, 3.63) is 51.5 Å². The van der Waals surface area contributed by atoms with E-state index in [0.717, 1.165) is 41.2 Å². The largest absolute Gasteiger partial charge is 0.497 e. The van der Waals surface area contributed by atoms with Crippen LogP contribution in [0, 0.1) is 11.5 Å². The van der Waals surface area contributed by atoms with Crippen LogP contribution in [0.4, 0.5) is 0 Å². The van der Waals surface area contributed by atoms with Crippen molar-refractivity contribution in [1.82, 2.24) is 4.90 Å². The molecule has 0 N–H and O–H groups in total. The van der Waals surface area contributed by atoms with E-state index in [-0.39, 0.29) is 6.04 Å². The predicted octanol–water partition coefficient (Wildman–Crippen LogP) is 5.46. The minimum atomic E-state index is -1.52. The molecular formula is C24H30BrNO3Si. The summed E-state index contributed by atoms with van der Waals surface area (Å²) in [5, 5.41) is 0. The molecule has 1 unspecified atom stereocenters. The zero-order chi connectivity index (χ0) is 21.9. The van der Waals surface area contributed by atoms with E-state index < -0.39 is 8.07 Å². The number of fused-ring (bicyclic) bond motifs is 1. The maximum Gasteiger partial charge on any atom is 0.161 e. The molecule has 0 saturated heterocycles. The van der Waals surface area contributed by atoms with E-state index in [1.165, 1.54) is 16.7 Å². The van der Waals surface area contributed by atoms with E-state index in [4.69, 9.17) is 14.2 Å². The zero-order valence-corrected chi connectivity index (χ0v) is 21.2. The quantitative estimate of drug-likeness (QED) is 0.414. The van der Waals surface area contributed by atoms with Crippen LogP contribution in [0.1, 0.15) is 22.7 Å². The first kappa shape index (κ1) is 22.7. The van der Waals surface area contributed by atoms with Crippen LogP contribution in [-0.4, -0.2) is 40.8 Å². The molecule has 0 radical (unpaired) electrons. The Morgan fingerprint density at radius 3 is 2.37 bits per heavy atom. The van der Waals surface area contributed by atoms with E-state index >= 15 is 0 Å². The minimum Gasteiger partial charge on any atom is -0.497 e. The van der Waals surface area contributed by atoms with Crippen LogP contribution in [0.25, 0.3) is 0 Å². The molecule has 0 amide bonds. The fourth-order valence-electron chi connectivity index (χ4n) is 3.64. The van der Waals surface area contributed by atoms with E-state index in [0.29, 0.717) is 0 Å². The summed E-state index contributed by atoms with van der Waals surface area (Å²) in [6.07, 6.45) is 0.947. The van der Waals surface area contributed by atoms with E-state index in [9.17, 15) is 0 Å². The monoisotopic (exact) mass is 487 g/mol. The van der Waals surface area contributed by atoms with Gasteiger partial charge in [-0.2, -0.15) is 0 Å². The lowest BCUT2D eigenvalue weighted by atomic mass is 9.91. The van der Waals surface area contributed by atoms with Gasteiger partial charge in [-0.3, -0.25) is 4.90 Å². The summed E-state index contributed by atoms with van der Waals surface area (Å²) in [7, 11) is 3.54. The zero-order valence-electron chi connectivity index (χ0n) is 18.6. The van der Waals surface area contributed by atoms with Crippen molar-refractivity contribution in [2.75, 3.05) is 27.9 Å². The van der Waals surface area contributed by atoms with Gasteiger partial charge in [-0.05, 0) is 53.4 Å². The van der Waals surface area contributed by atoms with Gasteiger partial charge in [0.15, 0.2) is 11.5 Å². The van der Waals surface area contributed by atoms with Crippen LogP contribution in [0.5, 0.6) is 17.2 Å². The molecule has 2 aromatic carbocycles. The lowest BCUT2D eigenvalue weighted by Crippen LogP contribution is -2.35. The second-order valence-electron chi connectivity index (χ2n) is 8.51.